The molecule has 0 aliphatic heterocycles. The molecule has 2 rings (SSSR count). The predicted octanol–water partition coefficient (Wildman–Crippen LogP) is 8.32. The summed E-state index contributed by atoms with van der Waals surface area (Å²) in [6.45, 7) is 8.45. The number of rotatable bonds is 17. The molecule has 4 nitrogen and oxygen atoms in total. The van der Waals surface area contributed by atoms with Crippen molar-refractivity contribution in [3.05, 3.63) is 69.8 Å². The van der Waals surface area contributed by atoms with E-state index in [1.54, 1.807) is 0 Å². The Morgan fingerprint density at radius 2 is 0.912 bits per heavy atom. The highest BCUT2D eigenvalue weighted by Gasteiger charge is 2.13. The van der Waals surface area contributed by atoms with Gasteiger partial charge in [-0.1, -0.05) is 98.9 Å². The quantitative estimate of drug-likeness (QED) is 0.139. The first kappa shape index (κ1) is 28.5. The summed E-state index contributed by atoms with van der Waals surface area (Å²) < 4.78 is 0. The van der Waals surface area contributed by atoms with Crippen LogP contribution in [0.25, 0.3) is 0 Å². The fourth-order valence-corrected chi connectivity index (χ4v) is 4.83. The lowest BCUT2D eigenvalue weighted by Gasteiger charge is -2.15. The fraction of sp³-hybridized carbons (Fsp3) is 0.600. The third kappa shape index (κ3) is 10.7. The molecule has 4 heteroatoms. The summed E-state index contributed by atoms with van der Waals surface area (Å²) in [4.78, 5) is 9.52. The van der Waals surface area contributed by atoms with E-state index in [1.807, 2.05) is 0 Å². The number of unbranched alkanes of at least 4 members (excludes halogenated alkanes) is 7. The van der Waals surface area contributed by atoms with Crippen LogP contribution in [-0.2, 0) is 22.6 Å². The molecule has 0 radical (unpaired) electrons. The van der Waals surface area contributed by atoms with Crippen molar-refractivity contribution in [3.63, 3.8) is 0 Å². The van der Waals surface area contributed by atoms with Crippen molar-refractivity contribution in [2.24, 2.45) is 0 Å². The van der Waals surface area contributed by atoms with Crippen molar-refractivity contribution in [2.75, 3.05) is 0 Å². The Kier molecular flexibility index (Phi) is 13.5. The number of aryl methyl sites for hydroxylation is 4. The lowest BCUT2D eigenvalue weighted by molar-refractivity contribution is -0.279. The summed E-state index contributed by atoms with van der Waals surface area (Å²) in [5.74, 6) is 0. The van der Waals surface area contributed by atoms with Crippen LogP contribution in [0.4, 0.5) is 0 Å². The molecule has 0 amide bonds. The Labute approximate surface area is 207 Å². The first-order chi connectivity index (χ1) is 16.4. The minimum absolute atomic E-state index is 0.119. The lowest BCUT2D eigenvalue weighted by atomic mass is 9.97. The SMILES string of the molecule is Cc1ccc(CC(CCCCCCCCCCC(Cc2ccc(C)cc2C)OO)OO)c(C)c1. The summed E-state index contributed by atoms with van der Waals surface area (Å²) in [7, 11) is 0. The zero-order chi connectivity index (χ0) is 24.8. The molecule has 2 aromatic rings. The minimum atomic E-state index is -0.119. The number of benzene rings is 2. The first-order valence-electron chi connectivity index (χ1n) is 13.2. The molecule has 0 saturated heterocycles. The Morgan fingerprint density at radius 3 is 1.24 bits per heavy atom. The van der Waals surface area contributed by atoms with Crippen LogP contribution in [0.5, 0.6) is 0 Å². The van der Waals surface area contributed by atoms with Gasteiger partial charge in [-0.2, -0.15) is 0 Å². The van der Waals surface area contributed by atoms with Gasteiger partial charge in [0.2, 0.25) is 0 Å². The average molecular weight is 471 g/mol. The maximum Gasteiger partial charge on any atom is 0.0967 e. The monoisotopic (exact) mass is 470 g/mol. The summed E-state index contributed by atoms with van der Waals surface area (Å²) >= 11 is 0. The summed E-state index contributed by atoms with van der Waals surface area (Å²) in [5.41, 5.74) is 7.58. The predicted molar refractivity (Wildman–Crippen MR) is 140 cm³/mol. The van der Waals surface area contributed by atoms with Gasteiger partial charge in [-0.25, -0.2) is 9.78 Å². The standard InChI is InChI=1S/C30H46O4/c1-23-15-17-27(25(3)19-23)21-29(33-31)13-11-9-7-5-6-8-10-12-14-30(34-32)22-28-18-16-24(2)20-26(28)4/h15-20,29-32H,5-14,21-22H2,1-4H3. The summed E-state index contributed by atoms with van der Waals surface area (Å²) in [5, 5.41) is 18.6. The topological polar surface area (TPSA) is 58.9 Å². The van der Waals surface area contributed by atoms with Crippen LogP contribution in [0.15, 0.2) is 36.4 Å². The highest BCUT2D eigenvalue weighted by molar-refractivity contribution is 5.31. The van der Waals surface area contributed by atoms with Gasteiger partial charge in [0.25, 0.3) is 0 Å². The van der Waals surface area contributed by atoms with Crippen LogP contribution in [0.1, 0.15) is 97.6 Å². The molecular weight excluding hydrogens is 424 g/mol. The molecule has 0 spiro atoms. The van der Waals surface area contributed by atoms with Gasteiger partial charge < -0.3 is 0 Å². The summed E-state index contributed by atoms with van der Waals surface area (Å²) in [6, 6.07) is 12.9. The molecule has 2 N–H and O–H groups in total. The molecule has 2 atom stereocenters. The third-order valence-electron chi connectivity index (χ3n) is 6.99. The van der Waals surface area contributed by atoms with E-state index >= 15 is 0 Å². The third-order valence-corrected chi connectivity index (χ3v) is 6.99. The zero-order valence-electron chi connectivity index (χ0n) is 21.8. The van der Waals surface area contributed by atoms with Crippen LogP contribution in [-0.4, -0.2) is 22.7 Å². The number of hydrogen-bond acceptors (Lipinski definition) is 4. The lowest BCUT2D eigenvalue weighted by Crippen LogP contribution is -2.15. The van der Waals surface area contributed by atoms with Crippen molar-refractivity contribution < 1.29 is 20.3 Å². The van der Waals surface area contributed by atoms with E-state index in [2.05, 4.69) is 64.1 Å². The molecule has 0 bridgehead atoms. The van der Waals surface area contributed by atoms with Gasteiger partial charge in [-0.3, -0.25) is 10.5 Å². The van der Waals surface area contributed by atoms with E-state index in [9.17, 15) is 10.5 Å². The molecule has 0 aliphatic rings. The largest absolute Gasteiger partial charge is 0.252 e. The second-order valence-electron chi connectivity index (χ2n) is 10.1. The maximum atomic E-state index is 9.30. The van der Waals surface area contributed by atoms with E-state index < -0.39 is 0 Å². The van der Waals surface area contributed by atoms with Crippen LogP contribution in [0, 0.1) is 27.7 Å². The van der Waals surface area contributed by atoms with E-state index in [-0.39, 0.29) is 12.2 Å². The van der Waals surface area contributed by atoms with Gasteiger partial charge >= 0.3 is 0 Å². The molecule has 0 aromatic heterocycles. The molecule has 0 heterocycles. The van der Waals surface area contributed by atoms with E-state index in [0.29, 0.717) is 0 Å². The van der Waals surface area contributed by atoms with Crippen LogP contribution in [0.2, 0.25) is 0 Å². The van der Waals surface area contributed by atoms with Crippen molar-refractivity contribution in [1.29, 1.82) is 0 Å². The van der Waals surface area contributed by atoms with Crippen molar-refractivity contribution in [1.82, 2.24) is 0 Å². The highest BCUT2D eigenvalue weighted by Crippen LogP contribution is 2.19. The Balaban J connectivity index is 1.50. The molecule has 0 saturated carbocycles. The average Bonchev–Trinajstić information content (AvgIpc) is 2.81. The molecule has 0 aliphatic carbocycles. The van der Waals surface area contributed by atoms with Crippen LogP contribution in [0.3, 0.4) is 0 Å². The van der Waals surface area contributed by atoms with Crippen molar-refractivity contribution in [2.45, 2.75) is 117 Å². The van der Waals surface area contributed by atoms with Gasteiger partial charge in [0.1, 0.15) is 0 Å². The molecule has 190 valence electrons. The summed E-state index contributed by atoms with van der Waals surface area (Å²) in [6.07, 6.45) is 12.6. The van der Waals surface area contributed by atoms with E-state index in [1.165, 1.54) is 71.9 Å². The van der Waals surface area contributed by atoms with Crippen LogP contribution >= 0.6 is 0 Å². The molecule has 2 aromatic carbocycles. The minimum Gasteiger partial charge on any atom is -0.252 e. The smallest absolute Gasteiger partial charge is 0.0967 e. The Morgan fingerprint density at radius 1 is 0.559 bits per heavy atom. The molecule has 2 unspecified atom stereocenters. The van der Waals surface area contributed by atoms with Crippen molar-refractivity contribution >= 4 is 0 Å². The zero-order valence-corrected chi connectivity index (χ0v) is 21.8. The van der Waals surface area contributed by atoms with Gasteiger partial charge in [0.15, 0.2) is 0 Å². The first-order valence-corrected chi connectivity index (χ1v) is 13.2. The van der Waals surface area contributed by atoms with Gasteiger partial charge in [0.05, 0.1) is 12.2 Å². The molecular formula is C30H46O4. The molecule has 0 fully saturated rings. The van der Waals surface area contributed by atoms with Crippen LogP contribution < -0.4 is 0 Å². The van der Waals surface area contributed by atoms with Gasteiger partial charge in [0, 0.05) is 12.8 Å². The fourth-order valence-electron chi connectivity index (χ4n) is 4.83. The van der Waals surface area contributed by atoms with Gasteiger partial charge in [-0.05, 0) is 62.8 Å². The Bertz CT molecular complexity index is 763. The van der Waals surface area contributed by atoms with E-state index in [4.69, 9.17) is 9.78 Å². The highest BCUT2D eigenvalue weighted by atomic mass is 17.1. The number of hydrogen-bond donors (Lipinski definition) is 2. The maximum absolute atomic E-state index is 9.30. The Hall–Kier alpha value is -1.72. The normalized spacial score (nSPS) is 13.2. The van der Waals surface area contributed by atoms with Crippen molar-refractivity contribution in [3.8, 4) is 0 Å². The van der Waals surface area contributed by atoms with Gasteiger partial charge in [-0.15, -0.1) is 0 Å². The second kappa shape index (κ2) is 16.0. The molecule has 34 heavy (non-hydrogen) atoms. The van der Waals surface area contributed by atoms with E-state index in [0.717, 1.165) is 38.5 Å². The second-order valence-corrected chi connectivity index (χ2v) is 10.1.